The van der Waals surface area contributed by atoms with Crippen molar-refractivity contribution in [1.82, 2.24) is 4.57 Å². The molecular formula is C27H23N5O. The van der Waals surface area contributed by atoms with E-state index in [0.717, 1.165) is 45.2 Å². The summed E-state index contributed by atoms with van der Waals surface area (Å²) in [5.74, 6) is 1.08. The topological polar surface area (TPSA) is 88.8 Å². The zero-order valence-electron chi connectivity index (χ0n) is 18.0. The fraction of sp³-hybridized carbons (Fsp3) is 0.0741. The average Bonchev–Trinajstić information content (AvgIpc) is 3.17. The minimum absolute atomic E-state index is 0.231. The summed E-state index contributed by atoms with van der Waals surface area (Å²) in [6.07, 6.45) is 0. The lowest BCUT2D eigenvalue weighted by atomic mass is 10.1. The van der Waals surface area contributed by atoms with E-state index in [-0.39, 0.29) is 5.84 Å². The molecule has 0 atom stereocenters. The molecule has 0 aliphatic rings. The zero-order chi connectivity index (χ0) is 22.6. The third kappa shape index (κ3) is 4.19. The summed E-state index contributed by atoms with van der Waals surface area (Å²) in [6.45, 7) is 1.28. The molecule has 0 amide bonds. The molecule has 0 saturated heterocycles. The molecule has 5 rings (SSSR count). The van der Waals surface area contributed by atoms with Gasteiger partial charge in [0.05, 0.1) is 0 Å². The molecule has 162 valence electrons. The van der Waals surface area contributed by atoms with E-state index in [2.05, 4.69) is 51.3 Å². The number of amidine groups is 1. The van der Waals surface area contributed by atoms with Crippen molar-refractivity contribution in [3.05, 3.63) is 114 Å². The molecule has 0 bridgehead atoms. The molecule has 6 heteroatoms. The maximum absolute atomic E-state index is 6.94. The lowest BCUT2D eigenvalue weighted by molar-refractivity contribution is 0.306. The molecule has 5 aromatic rings. The van der Waals surface area contributed by atoms with Gasteiger partial charge in [0.25, 0.3) is 0 Å². The number of hydrogen-bond donors (Lipinski definition) is 2. The number of hydrogen-bond acceptors (Lipinski definition) is 3. The van der Waals surface area contributed by atoms with Crippen LogP contribution in [0.3, 0.4) is 0 Å². The van der Waals surface area contributed by atoms with Crippen molar-refractivity contribution in [3.8, 4) is 5.75 Å². The second-order valence-electron chi connectivity index (χ2n) is 7.84. The molecule has 0 saturated carbocycles. The summed E-state index contributed by atoms with van der Waals surface area (Å²) in [4.78, 5) is 0. The van der Waals surface area contributed by atoms with Gasteiger partial charge in [0.2, 0.25) is 0 Å². The van der Waals surface area contributed by atoms with Crippen molar-refractivity contribution >= 4 is 27.6 Å². The molecule has 0 radical (unpaired) electrons. The van der Waals surface area contributed by atoms with Crippen molar-refractivity contribution in [3.63, 3.8) is 0 Å². The first-order chi connectivity index (χ1) is 16.2. The van der Waals surface area contributed by atoms with Gasteiger partial charge >= 0.3 is 0 Å². The van der Waals surface area contributed by atoms with E-state index in [1.165, 1.54) is 5.56 Å². The van der Waals surface area contributed by atoms with E-state index in [4.69, 9.17) is 16.0 Å². The van der Waals surface area contributed by atoms with Crippen LogP contribution >= 0.6 is 0 Å². The van der Waals surface area contributed by atoms with Gasteiger partial charge < -0.3 is 15.0 Å². The molecule has 3 N–H and O–H groups in total. The number of para-hydroxylation sites is 1. The van der Waals surface area contributed by atoms with Crippen LogP contribution < -0.4 is 10.5 Å². The number of nitrogens with one attached hydrogen (secondary N) is 1. The minimum atomic E-state index is 0.231. The fourth-order valence-corrected chi connectivity index (χ4v) is 4.11. The van der Waals surface area contributed by atoms with E-state index in [1.54, 1.807) is 0 Å². The van der Waals surface area contributed by atoms with Crippen LogP contribution in [0.25, 0.3) is 21.8 Å². The molecule has 4 aromatic carbocycles. The maximum atomic E-state index is 6.94. The summed E-state index contributed by atoms with van der Waals surface area (Å²) >= 11 is 0. The molecule has 0 unspecified atom stereocenters. The Labute approximate surface area is 191 Å². The van der Waals surface area contributed by atoms with Gasteiger partial charge in [0.1, 0.15) is 12.4 Å². The SMILES string of the molecule is N=NN=C(N)c1ccc2c(c1)c1ccccc1n2Cc1ccc(OCc2ccccc2)cc1. The molecule has 33 heavy (non-hydrogen) atoms. The summed E-state index contributed by atoms with van der Waals surface area (Å²) < 4.78 is 8.23. The molecule has 0 aliphatic heterocycles. The molecule has 0 aliphatic carbocycles. The van der Waals surface area contributed by atoms with Crippen LogP contribution in [0.1, 0.15) is 16.7 Å². The van der Waals surface area contributed by atoms with Crippen molar-refractivity contribution in [2.75, 3.05) is 0 Å². The average molecular weight is 434 g/mol. The quantitative estimate of drug-likeness (QED) is 0.141. The van der Waals surface area contributed by atoms with Gasteiger partial charge in [-0.2, -0.15) is 5.53 Å². The van der Waals surface area contributed by atoms with E-state index >= 15 is 0 Å². The molecule has 1 heterocycles. The zero-order valence-corrected chi connectivity index (χ0v) is 18.0. The van der Waals surface area contributed by atoms with Gasteiger partial charge in [-0.3, -0.25) is 0 Å². The lowest BCUT2D eigenvalue weighted by Crippen LogP contribution is -2.12. The Morgan fingerprint density at radius 2 is 1.52 bits per heavy atom. The summed E-state index contributed by atoms with van der Waals surface area (Å²) in [5.41, 5.74) is 18.2. The second-order valence-corrected chi connectivity index (χ2v) is 7.84. The first kappa shape index (κ1) is 20.5. The highest BCUT2D eigenvalue weighted by molar-refractivity contribution is 6.11. The predicted octanol–water partition coefficient (Wildman–Crippen LogP) is 6.07. The number of fused-ring (bicyclic) bond motifs is 3. The van der Waals surface area contributed by atoms with E-state index < -0.39 is 0 Å². The maximum Gasteiger partial charge on any atom is 0.155 e. The number of nitrogens with two attached hydrogens (primary N) is 1. The Morgan fingerprint density at radius 1 is 0.788 bits per heavy atom. The van der Waals surface area contributed by atoms with Crippen LogP contribution in [0.15, 0.2) is 107 Å². The molecule has 6 nitrogen and oxygen atoms in total. The van der Waals surface area contributed by atoms with Crippen molar-refractivity contribution in [2.45, 2.75) is 13.2 Å². The minimum Gasteiger partial charge on any atom is -0.489 e. The Balaban J connectivity index is 1.44. The van der Waals surface area contributed by atoms with Crippen molar-refractivity contribution in [2.24, 2.45) is 16.1 Å². The summed E-state index contributed by atoms with van der Waals surface area (Å²) in [5, 5.41) is 8.95. The van der Waals surface area contributed by atoms with Crippen molar-refractivity contribution in [1.29, 1.82) is 5.53 Å². The van der Waals surface area contributed by atoms with Gasteiger partial charge in [-0.05, 0) is 47.5 Å². The first-order valence-electron chi connectivity index (χ1n) is 10.7. The van der Waals surface area contributed by atoms with Gasteiger partial charge in [0, 0.05) is 33.9 Å². The Morgan fingerprint density at radius 3 is 2.30 bits per heavy atom. The fourth-order valence-electron chi connectivity index (χ4n) is 4.11. The van der Waals surface area contributed by atoms with E-state index in [0.29, 0.717) is 6.61 Å². The monoisotopic (exact) mass is 433 g/mol. The standard InChI is InChI=1S/C27H23N5O/c28-27(30-31-29)21-12-15-26-24(16-21)23-8-4-5-9-25(23)32(26)17-19-10-13-22(14-11-19)33-18-20-6-2-1-3-7-20/h1-16H,17-18H2,(H3,28,29,30). The highest BCUT2D eigenvalue weighted by Crippen LogP contribution is 2.30. The summed E-state index contributed by atoms with van der Waals surface area (Å²) in [6, 6.07) is 32.7. The normalized spacial score (nSPS) is 11.7. The largest absolute Gasteiger partial charge is 0.489 e. The number of rotatable bonds is 7. The number of benzene rings is 4. The lowest BCUT2D eigenvalue weighted by Gasteiger charge is -2.10. The second kappa shape index (κ2) is 8.96. The number of nitrogens with zero attached hydrogens (tertiary/aromatic N) is 3. The third-order valence-corrected chi connectivity index (χ3v) is 5.74. The smallest absolute Gasteiger partial charge is 0.155 e. The van der Waals surface area contributed by atoms with Crippen LogP contribution in [0.5, 0.6) is 5.75 Å². The number of ether oxygens (including phenoxy) is 1. The highest BCUT2D eigenvalue weighted by atomic mass is 16.5. The van der Waals surface area contributed by atoms with Gasteiger partial charge in [0.15, 0.2) is 5.84 Å². The van der Waals surface area contributed by atoms with E-state index in [9.17, 15) is 0 Å². The van der Waals surface area contributed by atoms with E-state index in [1.807, 2.05) is 60.7 Å². The van der Waals surface area contributed by atoms with Gasteiger partial charge in [-0.1, -0.05) is 65.9 Å². The van der Waals surface area contributed by atoms with Crippen LogP contribution in [-0.2, 0) is 13.2 Å². The van der Waals surface area contributed by atoms with Crippen LogP contribution in [0, 0.1) is 5.53 Å². The van der Waals surface area contributed by atoms with Crippen LogP contribution in [0.4, 0.5) is 0 Å². The number of aromatic nitrogens is 1. The van der Waals surface area contributed by atoms with Crippen molar-refractivity contribution < 1.29 is 4.74 Å². The highest BCUT2D eigenvalue weighted by Gasteiger charge is 2.12. The molecular weight excluding hydrogens is 410 g/mol. The molecule has 1 aromatic heterocycles. The third-order valence-electron chi connectivity index (χ3n) is 5.74. The predicted molar refractivity (Wildman–Crippen MR) is 132 cm³/mol. The Kier molecular flexibility index (Phi) is 5.55. The van der Waals surface area contributed by atoms with Crippen LogP contribution in [-0.4, -0.2) is 10.4 Å². The molecule has 0 fully saturated rings. The Hall–Kier alpha value is -4.45. The van der Waals surface area contributed by atoms with Gasteiger partial charge in [-0.15, -0.1) is 5.10 Å². The Bertz CT molecular complexity index is 1450. The summed E-state index contributed by atoms with van der Waals surface area (Å²) in [7, 11) is 0. The first-order valence-corrected chi connectivity index (χ1v) is 10.7. The van der Waals surface area contributed by atoms with Crippen LogP contribution in [0.2, 0.25) is 0 Å². The van der Waals surface area contributed by atoms with Gasteiger partial charge in [-0.25, -0.2) is 0 Å². The molecule has 0 spiro atoms.